The number of allylic oxidation sites excluding steroid dienone is 4. The Balaban J connectivity index is 1.70. The Bertz CT molecular complexity index is 1380. The summed E-state index contributed by atoms with van der Waals surface area (Å²) in [6.07, 6.45) is -0.0216. The van der Waals surface area contributed by atoms with Crippen LogP contribution in [-0.4, -0.2) is 96.9 Å². The fourth-order valence-corrected chi connectivity index (χ4v) is 6.58. The van der Waals surface area contributed by atoms with Crippen LogP contribution in [0.2, 0.25) is 0 Å². The van der Waals surface area contributed by atoms with Gasteiger partial charge in [0.25, 0.3) is 0 Å². The van der Waals surface area contributed by atoms with Gasteiger partial charge in [0.1, 0.15) is 6.61 Å². The Kier molecular flexibility index (Phi) is 6.01. The van der Waals surface area contributed by atoms with Gasteiger partial charge >= 0.3 is 5.97 Å². The Morgan fingerprint density at radius 3 is 1.89 bits per heavy atom. The van der Waals surface area contributed by atoms with Gasteiger partial charge in [0.05, 0.1) is 38.4 Å². The van der Waals surface area contributed by atoms with E-state index in [9.17, 15) is 28.8 Å². The summed E-state index contributed by atoms with van der Waals surface area (Å²) in [5, 5.41) is 0. The maximum absolute atomic E-state index is 14.0. The lowest BCUT2D eigenvalue weighted by Gasteiger charge is -2.57. The number of amides is 1. The van der Waals surface area contributed by atoms with Crippen LogP contribution in [0.25, 0.3) is 0 Å². The zero-order valence-corrected chi connectivity index (χ0v) is 22.0. The van der Waals surface area contributed by atoms with E-state index < -0.39 is 47.5 Å². The van der Waals surface area contributed by atoms with Crippen molar-refractivity contribution < 1.29 is 43.0 Å². The molecule has 0 unspecified atom stereocenters. The number of methoxy groups -OCH3 is 2. The topological polar surface area (TPSA) is 137 Å². The van der Waals surface area contributed by atoms with E-state index in [4.69, 9.17) is 14.2 Å². The molecule has 1 fully saturated rings. The Morgan fingerprint density at radius 2 is 1.37 bits per heavy atom. The first-order chi connectivity index (χ1) is 18.0. The molecule has 5 aliphatic rings. The van der Waals surface area contributed by atoms with Crippen molar-refractivity contribution in [3.8, 4) is 0 Å². The standard InChI is InChI=1S/C27H28N2O9/c1-10-21(31)13-7-15-20-19-14(22(32)11(2)26(37-6)24(19)34)8-16(28(20)4)27(35)29(15)17(9-38-12(3)30)18(13)23(33)25(10)36-5/h15-17,20H,7-9H2,1-6H3/t15-,16-,17-,20-/m0/s1. The van der Waals surface area contributed by atoms with E-state index in [1.807, 2.05) is 0 Å². The summed E-state index contributed by atoms with van der Waals surface area (Å²) in [4.78, 5) is 82.9. The summed E-state index contributed by atoms with van der Waals surface area (Å²) < 4.78 is 15.8. The fraction of sp³-hybridized carbons (Fsp3) is 0.481. The second-order valence-corrected chi connectivity index (χ2v) is 10.1. The summed E-state index contributed by atoms with van der Waals surface area (Å²) in [7, 11) is 4.32. The SMILES string of the molecule is COC1=C(C)C(=O)C2=C(C1=O)[C@@H]1[C@@H]3CC4=C(C(=O)C(OC)=C(C)C4=O)[C@H](COC(C)=O)N3C(=O)[C@H](C2)N1C. The van der Waals surface area contributed by atoms with E-state index in [1.54, 1.807) is 11.9 Å². The average Bonchev–Trinajstić information content (AvgIpc) is 2.87. The monoisotopic (exact) mass is 524 g/mol. The minimum absolute atomic E-state index is 0.00466. The summed E-state index contributed by atoms with van der Waals surface area (Å²) in [5.41, 5.74) is 1.07. The zero-order valence-electron chi connectivity index (χ0n) is 22.0. The lowest BCUT2D eigenvalue weighted by Crippen LogP contribution is -2.73. The molecule has 0 saturated carbocycles. The molecule has 1 amide bonds. The summed E-state index contributed by atoms with van der Waals surface area (Å²) in [6, 6.07) is -3.39. The number of Topliss-reactive ketones (excluding diaryl/α,β-unsaturated/α-hetero) is 4. The highest BCUT2D eigenvalue weighted by atomic mass is 16.5. The predicted octanol–water partition coefficient (Wildman–Crippen LogP) is 0.343. The average molecular weight is 525 g/mol. The van der Waals surface area contributed by atoms with Crippen LogP contribution >= 0.6 is 0 Å². The summed E-state index contributed by atoms with van der Waals surface area (Å²) in [6.45, 7) is 3.87. The van der Waals surface area contributed by atoms with Crippen molar-refractivity contribution in [2.75, 3.05) is 27.9 Å². The molecule has 0 N–H and O–H groups in total. The van der Waals surface area contributed by atoms with Gasteiger partial charge in [-0.1, -0.05) is 0 Å². The van der Waals surface area contributed by atoms with Crippen molar-refractivity contribution in [3.05, 3.63) is 45.0 Å². The van der Waals surface area contributed by atoms with Crippen molar-refractivity contribution in [1.82, 2.24) is 9.80 Å². The number of hydrogen-bond acceptors (Lipinski definition) is 10. The minimum atomic E-state index is -1.07. The van der Waals surface area contributed by atoms with E-state index in [0.29, 0.717) is 0 Å². The van der Waals surface area contributed by atoms with E-state index in [-0.39, 0.29) is 76.1 Å². The molecule has 0 aromatic rings. The molecule has 38 heavy (non-hydrogen) atoms. The van der Waals surface area contributed by atoms with Gasteiger partial charge in [-0.25, -0.2) is 0 Å². The molecule has 0 aromatic carbocycles. The number of fused-ring (bicyclic) bond motifs is 5. The number of carbonyl (C=O) groups is 6. The number of rotatable bonds is 4. The van der Waals surface area contributed by atoms with E-state index >= 15 is 0 Å². The second-order valence-electron chi connectivity index (χ2n) is 10.1. The molecule has 11 heteroatoms. The molecule has 2 aliphatic carbocycles. The first kappa shape index (κ1) is 25.8. The first-order valence-electron chi connectivity index (χ1n) is 12.3. The van der Waals surface area contributed by atoms with Crippen LogP contribution in [0.15, 0.2) is 45.0 Å². The first-order valence-corrected chi connectivity index (χ1v) is 12.3. The number of ketones is 4. The molecular weight excluding hydrogens is 496 g/mol. The molecule has 0 aromatic heterocycles. The summed E-state index contributed by atoms with van der Waals surface area (Å²) in [5.74, 6) is -2.91. The van der Waals surface area contributed by atoms with Crippen LogP contribution in [0.1, 0.15) is 33.6 Å². The number of likely N-dealkylation sites (N-methyl/N-ethyl adjacent to an activating group) is 1. The number of nitrogens with zero attached hydrogens (tertiary/aromatic N) is 2. The highest BCUT2D eigenvalue weighted by molar-refractivity contribution is 6.26. The fourth-order valence-electron chi connectivity index (χ4n) is 6.58. The highest BCUT2D eigenvalue weighted by Gasteiger charge is 2.59. The normalized spacial score (nSPS) is 29.5. The van der Waals surface area contributed by atoms with Gasteiger partial charge < -0.3 is 19.1 Å². The van der Waals surface area contributed by atoms with Crippen molar-refractivity contribution in [2.45, 2.75) is 57.8 Å². The largest absolute Gasteiger partial charge is 0.492 e. The van der Waals surface area contributed by atoms with Crippen molar-refractivity contribution in [1.29, 1.82) is 0 Å². The molecule has 3 aliphatic heterocycles. The van der Waals surface area contributed by atoms with Gasteiger partial charge in [-0.15, -0.1) is 0 Å². The van der Waals surface area contributed by atoms with Gasteiger partial charge in [0, 0.05) is 46.8 Å². The number of hydrogen-bond donors (Lipinski definition) is 0. The third kappa shape index (κ3) is 3.30. The van der Waals surface area contributed by atoms with E-state index in [1.165, 1.54) is 39.9 Å². The Labute approximate surface area is 218 Å². The number of carbonyl (C=O) groups excluding carboxylic acids is 6. The molecular formula is C27H28N2O9. The lowest BCUT2D eigenvalue weighted by molar-refractivity contribution is -0.159. The Hall–Kier alpha value is -3.86. The lowest BCUT2D eigenvalue weighted by atomic mass is 9.69. The molecule has 1 saturated heterocycles. The van der Waals surface area contributed by atoms with Crippen LogP contribution in [0.4, 0.5) is 0 Å². The maximum atomic E-state index is 14.0. The molecule has 4 atom stereocenters. The van der Waals surface area contributed by atoms with E-state index in [0.717, 1.165) is 0 Å². The third-order valence-corrected chi connectivity index (χ3v) is 8.28. The second kappa shape index (κ2) is 8.87. The van der Waals surface area contributed by atoms with Gasteiger partial charge in [0.15, 0.2) is 23.1 Å². The zero-order chi connectivity index (χ0) is 27.8. The molecule has 11 nitrogen and oxygen atoms in total. The van der Waals surface area contributed by atoms with Gasteiger partial charge in [-0.3, -0.25) is 33.7 Å². The van der Waals surface area contributed by atoms with E-state index in [2.05, 4.69) is 0 Å². The predicted molar refractivity (Wildman–Crippen MR) is 129 cm³/mol. The third-order valence-electron chi connectivity index (χ3n) is 8.28. The molecule has 3 heterocycles. The quantitative estimate of drug-likeness (QED) is 0.374. The number of esters is 1. The summed E-state index contributed by atoms with van der Waals surface area (Å²) >= 11 is 0. The van der Waals surface area contributed by atoms with Crippen molar-refractivity contribution in [3.63, 3.8) is 0 Å². The number of piperazine rings is 1. The van der Waals surface area contributed by atoms with Crippen LogP contribution < -0.4 is 0 Å². The van der Waals surface area contributed by atoms with Crippen LogP contribution in [-0.2, 0) is 43.0 Å². The molecule has 0 spiro atoms. The maximum Gasteiger partial charge on any atom is 0.302 e. The van der Waals surface area contributed by atoms with Crippen molar-refractivity contribution >= 4 is 35.0 Å². The Morgan fingerprint density at radius 1 is 0.842 bits per heavy atom. The van der Waals surface area contributed by atoms with Crippen LogP contribution in [0.5, 0.6) is 0 Å². The number of ether oxygens (including phenoxy) is 3. The smallest absolute Gasteiger partial charge is 0.302 e. The van der Waals surface area contributed by atoms with Gasteiger partial charge in [-0.2, -0.15) is 0 Å². The van der Waals surface area contributed by atoms with Gasteiger partial charge in [-0.05, 0) is 27.3 Å². The highest BCUT2D eigenvalue weighted by Crippen LogP contribution is 2.47. The van der Waals surface area contributed by atoms with Crippen LogP contribution in [0, 0.1) is 0 Å². The van der Waals surface area contributed by atoms with Crippen molar-refractivity contribution in [2.24, 2.45) is 0 Å². The molecule has 0 radical (unpaired) electrons. The molecule has 200 valence electrons. The van der Waals surface area contributed by atoms with Gasteiger partial charge in [0.2, 0.25) is 17.5 Å². The molecule has 2 bridgehead atoms. The molecule has 5 rings (SSSR count). The van der Waals surface area contributed by atoms with Crippen LogP contribution in [0.3, 0.4) is 0 Å². The minimum Gasteiger partial charge on any atom is -0.492 e.